The molecule has 5 heteroatoms. The number of hydrogen-bond donors (Lipinski definition) is 1. The van der Waals surface area contributed by atoms with E-state index in [1.807, 2.05) is 0 Å². The van der Waals surface area contributed by atoms with E-state index in [1.54, 1.807) is 0 Å². The van der Waals surface area contributed by atoms with E-state index in [2.05, 4.69) is 17.1 Å². The molecule has 0 saturated carbocycles. The molecule has 76 valence electrons. The first-order valence-electron chi connectivity index (χ1n) is 4.75. The van der Waals surface area contributed by atoms with E-state index in [4.69, 9.17) is 0 Å². The van der Waals surface area contributed by atoms with Crippen LogP contribution in [0.3, 0.4) is 0 Å². The summed E-state index contributed by atoms with van der Waals surface area (Å²) in [4.78, 5) is 2.32. The molecule has 0 aromatic rings. The van der Waals surface area contributed by atoms with Gasteiger partial charge < -0.3 is 5.32 Å². The van der Waals surface area contributed by atoms with Gasteiger partial charge >= 0.3 is 0 Å². The van der Waals surface area contributed by atoms with Gasteiger partial charge in [0.15, 0.2) is 9.84 Å². The molecule has 1 atom stereocenters. The van der Waals surface area contributed by atoms with Crippen LogP contribution >= 0.6 is 0 Å². The van der Waals surface area contributed by atoms with Crippen LogP contribution in [-0.2, 0) is 9.84 Å². The molecule has 13 heavy (non-hydrogen) atoms. The molecule has 0 aromatic carbocycles. The largest absolute Gasteiger partial charge is 0.314 e. The first-order chi connectivity index (χ1) is 6.08. The van der Waals surface area contributed by atoms with Gasteiger partial charge in [0, 0.05) is 31.7 Å². The minimum atomic E-state index is -2.67. The molecule has 2 saturated heterocycles. The second-order valence-electron chi connectivity index (χ2n) is 4.02. The summed E-state index contributed by atoms with van der Waals surface area (Å²) in [6.45, 7) is 5.11. The highest BCUT2D eigenvalue weighted by Gasteiger charge is 2.39. The topological polar surface area (TPSA) is 49.4 Å². The van der Waals surface area contributed by atoms with Gasteiger partial charge in [0.25, 0.3) is 0 Å². The van der Waals surface area contributed by atoms with Crippen LogP contribution in [0.25, 0.3) is 0 Å². The van der Waals surface area contributed by atoms with Gasteiger partial charge in [-0.3, -0.25) is 4.90 Å². The van der Waals surface area contributed by atoms with Crippen LogP contribution in [-0.4, -0.2) is 56.5 Å². The predicted octanol–water partition coefficient (Wildman–Crippen LogP) is -0.923. The molecule has 1 N–H and O–H groups in total. The summed E-state index contributed by atoms with van der Waals surface area (Å²) in [6, 6.07) is 0.774. The summed E-state index contributed by atoms with van der Waals surface area (Å²) < 4.78 is 22.0. The third-order valence-electron chi connectivity index (χ3n) is 2.91. The van der Waals surface area contributed by atoms with Crippen LogP contribution in [0, 0.1) is 0 Å². The Kier molecular flexibility index (Phi) is 2.33. The van der Waals surface area contributed by atoms with Crippen LogP contribution in [0.4, 0.5) is 0 Å². The van der Waals surface area contributed by atoms with E-state index in [0.29, 0.717) is 23.6 Å². The third kappa shape index (κ3) is 1.87. The van der Waals surface area contributed by atoms with Crippen molar-refractivity contribution in [3.8, 4) is 0 Å². The molecule has 2 aliphatic rings. The molecular weight excluding hydrogens is 188 g/mol. The first kappa shape index (κ1) is 9.43. The number of sulfone groups is 1. The number of hydrogen-bond acceptors (Lipinski definition) is 4. The molecule has 0 radical (unpaired) electrons. The van der Waals surface area contributed by atoms with Crippen molar-refractivity contribution in [2.75, 3.05) is 31.1 Å². The Hall–Kier alpha value is -0.130. The van der Waals surface area contributed by atoms with Gasteiger partial charge in [-0.05, 0) is 6.92 Å². The molecule has 4 nitrogen and oxygen atoms in total. The Bertz CT molecular complexity index is 277. The van der Waals surface area contributed by atoms with E-state index < -0.39 is 9.84 Å². The fraction of sp³-hybridized carbons (Fsp3) is 1.00. The van der Waals surface area contributed by atoms with Crippen LogP contribution in [0.15, 0.2) is 0 Å². The third-order valence-corrected chi connectivity index (χ3v) is 4.70. The van der Waals surface area contributed by atoms with Crippen LogP contribution < -0.4 is 5.32 Å². The van der Waals surface area contributed by atoms with Crippen molar-refractivity contribution in [1.82, 2.24) is 10.2 Å². The van der Waals surface area contributed by atoms with Gasteiger partial charge in [-0.15, -0.1) is 0 Å². The molecule has 2 aliphatic heterocycles. The molecule has 0 aromatic heterocycles. The highest BCUT2D eigenvalue weighted by atomic mass is 32.2. The summed E-state index contributed by atoms with van der Waals surface area (Å²) in [5, 5.41) is 3.30. The summed E-state index contributed by atoms with van der Waals surface area (Å²) >= 11 is 0. The second kappa shape index (κ2) is 3.22. The summed E-state index contributed by atoms with van der Waals surface area (Å²) in [5.41, 5.74) is 0. The summed E-state index contributed by atoms with van der Waals surface area (Å²) in [5.74, 6) is 0.745. The minimum Gasteiger partial charge on any atom is -0.314 e. The van der Waals surface area contributed by atoms with Crippen molar-refractivity contribution in [3.05, 3.63) is 0 Å². The lowest BCUT2D eigenvalue weighted by molar-refractivity contribution is 0.130. The van der Waals surface area contributed by atoms with Gasteiger partial charge in [0.05, 0.1) is 11.5 Å². The molecule has 0 spiro atoms. The van der Waals surface area contributed by atoms with Gasteiger partial charge in [-0.25, -0.2) is 8.42 Å². The van der Waals surface area contributed by atoms with E-state index in [-0.39, 0.29) is 0 Å². The normalized spacial score (nSPS) is 35.6. The quantitative estimate of drug-likeness (QED) is 0.600. The highest BCUT2D eigenvalue weighted by molar-refractivity contribution is 7.92. The van der Waals surface area contributed by atoms with Gasteiger partial charge in [0.2, 0.25) is 0 Å². The van der Waals surface area contributed by atoms with E-state index in [1.165, 1.54) is 0 Å². The minimum absolute atomic E-state index is 0.294. The lowest BCUT2D eigenvalue weighted by Crippen LogP contribution is -2.61. The molecule has 0 bridgehead atoms. The van der Waals surface area contributed by atoms with E-state index >= 15 is 0 Å². The SMILES string of the molecule is CC1CNCCN1C1CS(=O)(=O)C1. The average molecular weight is 204 g/mol. The molecule has 2 rings (SSSR count). The zero-order chi connectivity index (χ0) is 9.47. The maximum atomic E-state index is 11.0. The molecular formula is C8H16N2O2S. The van der Waals surface area contributed by atoms with Crippen LogP contribution in [0.5, 0.6) is 0 Å². The molecule has 2 heterocycles. The molecule has 0 amide bonds. The number of piperazine rings is 1. The van der Waals surface area contributed by atoms with Crippen LogP contribution in [0.1, 0.15) is 6.92 Å². The van der Waals surface area contributed by atoms with Crippen molar-refractivity contribution in [2.24, 2.45) is 0 Å². The fourth-order valence-electron chi connectivity index (χ4n) is 2.13. The summed E-state index contributed by atoms with van der Waals surface area (Å²) in [7, 11) is -2.67. The molecule has 1 unspecified atom stereocenters. The molecule has 2 fully saturated rings. The zero-order valence-electron chi connectivity index (χ0n) is 7.86. The smallest absolute Gasteiger partial charge is 0.153 e. The average Bonchev–Trinajstić information content (AvgIpc) is 2.01. The predicted molar refractivity (Wildman–Crippen MR) is 51.5 cm³/mol. The number of nitrogens with zero attached hydrogens (tertiary/aromatic N) is 1. The second-order valence-corrected chi connectivity index (χ2v) is 6.18. The monoisotopic (exact) mass is 204 g/mol. The van der Waals surface area contributed by atoms with Crippen LogP contribution in [0.2, 0.25) is 0 Å². The molecule has 0 aliphatic carbocycles. The standard InChI is InChI=1S/C8H16N2O2S/c1-7-4-9-2-3-10(7)8-5-13(11,12)6-8/h7-9H,2-6H2,1H3. The Morgan fingerprint density at radius 3 is 2.62 bits per heavy atom. The number of nitrogens with one attached hydrogen (secondary N) is 1. The zero-order valence-corrected chi connectivity index (χ0v) is 8.68. The Morgan fingerprint density at radius 2 is 2.08 bits per heavy atom. The highest BCUT2D eigenvalue weighted by Crippen LogP contribution is 2.20. The van der Waals surface area contributed by atoms with Gasteiger partial charge in [-0.1, -0.05) is 0 Å². The van der Waals surface area contributed by atoms with Gasteiger partial charge in [-0.2, -0.15) is 0 Å². The Labute approximate surface area is 79.2 Å². The van der Waals surface area contributed by atoms with Crippen molar-refractivity contribution in [1.29, 1.82) is 0 Å². The van der Waals surface area contributed by atoms with E-state index in [0.717, 1.165) is 19.6 Å². The van der Waals surface area contributed by atoms with Gasteiger partial charge in [0.1, 0.15) is 0 Å². The summed E-state index contributed by atoms with van der Waals surface area (Å²) in [6.07, 6.45) is 0. The van der Waals surface area contributed by atoms with Crippen molar-refractivity contribution >= 4 is 9.84 Å². The number of rotatable bonds is 1. The van der Waals surface area contributed by atoms with Crippen molar-refractivity contribution < 1.29 is 8.42 Å². The van der Waals surface area contributed by atoms with Crippen molar-refractivity contribution in [3.63, 3.8) is 0 Å². The Morgan fingerprint density at radius 1 is 1.38 bits per heavy atom. The van der Waals surface area contributed by atoms with Crippen molar-refractivity contribution in [2.45, 2.75) is 19.0 Å². The lowest BCUT2D eigenvalue weighted by Gasteiger charge is -2.43. The fourth-order valence-corrected chi connectivity index (χ4v) is 3.59. The maximum absolute atomic E-state index is 11.0. The Balaban J connectivity index is 1.94. The lowest BCUT2D eigenvalue weighted by atomic mass is 10.1. The first-order valence-corrected chi connectivity index (χ1v) is 6.57. The maximum Gasteiger partial charge on any atom is 0.153 e. The van der Waals surface area contributed by atoms with E-state index in [9.17, 15) is 8.42 Å².